The van der Waals surface area contributed by atoms with E-state index in [0.717, 1.165) is 6.08 Å². The first kappa shape index (κ1) is 28.1. The van der Waals surface area contributed by atoms with E-state index in [0.29, 0.717) is 54.9 Å². The summed E-state index contributed by atoms with van der Waals surface area (Å²) in [5.74, 6) is -3.02. The molecule has 1 aliphatic rings. The number of β-amino-alcohol motifs (C(OH)–C–C–N with tert-alkyl or cyclic N) is 1. The van der Waals surface area contributed by atoms with Crippen molar-refractivity contribution in [3.8, 4) is 11.1 Å². The van der Waals surface area contributed by atoms with Gasteiger partial charge in [0.05, 0.1) is 23.0 Å². The summed E-state index contributed by atoms with van der Waals surface area (Å²) in [5, 5.41) is 15.6. The highest BCUT2D eigenvalue weighted by Gasteiger charge is 2.23. The van der Waals surface area contributed by atoms with Crippen molar-refractivity contribution in [2.24, 2.45) is 0 Å². The molecule has 3 N–H and O–H groups in total. The molecule has 1 fully saturated rings. The molecule has 2 heterocycles. The predicted octanol–water partition coefficient (Wildman–Crippen LogP) is 5.09. The number of fused-ring (bicyclic) bond motifs is 1. The van der Waals surface area contributed by atoms with Gasteiger partial charge in [-0.05, 0) is 43.3 Å². The second-order valence-corrected chi connectivity index (χ2v) is 9.85. The van der Waals surface area contributed by atoms with Crippen molar-refractivity contribution in [1.29, 1.82) is 0 Å². The molecule has 3 aromatic carbocycles. The number of aliphatic hydroxyl groups is 1. The van der Waals surface area contributed by atoms with Crippen molar-refractivity contribution < 1.29 is 23.1 Å². The van der Waals surface area contributed by atoms with Crippen LogP contribution in [0.25, 0.3) is 22.0 Å². The molecule has 0 spiro atoms. The molecular weight excluding hydrogens is 533 g/mol. The Labute approximate surface area is 235 Å². The Balaban J connectivity index is 1.41. The van der Waals surface area contributed by atoms with Gasteiger partial charge in [0.1, 0.15) is 5.82 Å². The monoisotopic (exact) mass is 562 g/mol. The molecule has 212 valence electrons. The number of rotatable bonds is 8. The number of nitrogens with one attached hydrogen (secondary N) is 2. The molecule has 0 saturated carbocycles. The lowest BCUT2D eigenvalue weighted by molar-refractivity contribution is -0.111. The minimum atomic E-state index is -1.07. The molecule has 1 saturated heterocycles. The maximum Gasteiger partial charge on any atom is 0.247 e. The van der Waals surface area contributed by atoms with Crippen LogP contribution in [0.2, 0.25) is 0 Å². The van der Waals surface area contributed by atoms with Crippen LogP contribution < -0.4 is 15.5 Å². The number of hydrogen-bond acceptors (Lipinski definition) is 7. The number of piperazine rings is 1. The van der Waals surface area contributed by atoms with Crippen molar-refractivity contribution in [2.45, 2.75) is 13.0 Å². The van der Waals surface area contributed by atoms with Crippen molar-refractivity contribution >= 4 is 39.8 Å². The summed E-state index contributed by atoms with van der Waals surface area (Å²) in [6.45, 7) is 7.93. The van der Waals surface area contributed by atoms with Gasteiger partial charge in [0.2, 0.25) is 11.9 Å². The van der Waals surface area contributed by atoms with Crippen LogP contribution >= 0.6 is 0 Å². The zero-order valence-corrected chi connectivity index (χ0v) is 22.4. The lowest BCUT2D eigenvalue weighted by Gasteiger charge is -2.36. The van der Waals surface area contributed by atoms with E-state index in [1.165, 1.54) is 36.5 Å². The molecule has 0 radical (unpaired) electrons. The molecule has 1 atom stereocenters. The largest absolute Gasteiger partial charge is 0.392 e. The second-order valence-electron chi connectivity index (χ2n) is 9.85. The van der Waals surface area contributed by atoms with Gasteiger partial charge >= 0.3 is 0 Å². The van der Waals surface area contributed by atoms with E-state index >= 15 is 8.78 Å². The van der Waals surface area contributed by atoms with Crippen LogP contribution in [0.15, 0.2) is 67.4 Å². The van der Waals surface area contributed by atoms with E-state index in [1.807, 2.05) is 0 Å². The van der Waals surface area contributed by atoms with Crippen molar-refractivity contribution in [3.63, 3.8) is 0 Å². The first-order valence-electron chi connectivity index (χ1n) is 13.1. The minimum Gasteiger partial charge on any atom is -0.392 e. The topological polar surface area (TPSA) is 93.6 Å². The lowest BCUT2D eigenvalue weighted by Crippen LogP contribution is -2.48. The summed E-state index contributed by atoms with van der Waals surface area (Å²) in [4.78, 5) is 24.3. The van der Waals surface area contributed by atoms with Gasteiger partial charge in [-0.2, -0.15) is 0 Å². The number of halogens is 3. The zero-order chi connectivity index (χ0) is 29.1. The van der Waals surface area contributed by atoms with E-state index < -0.39 is 29.5 Å². The number of benzene rings is 3. The van der Waals surface area contributed by atoms with E-state index in [4.69, 9.17) is 0 Å². The lowest BCUT2D eigenvalue weighted by atomic mass is 10.0. The van der Waals surface area contributed by atoms with Gasteiger partial charge in [0, 0.05) is 61.1 Å². The van der Waals surface area contributed by atoms with E-state index in [2.05, 4.69) is 32.1 Å². The van der Waals surface area contributed by atoms with Crippen LogP contribution in [-0.4, -0.2) is 64.7 Å². The number of aromatic nitrogens is 2. The predicted molar refractivity (Wildman–Crippen MR) is 154 cm³/mol. The Morgan fingerprint density at radius 1 is 1.07 bits per heavy atom. The molecule has 11 heteroatoms. The van der Waals surface area contributed by atoms with Crippen molar-refractivity contribution in [3.05, 3.63) is 84.8 Å². The number of hydrogen-bond donors (Lipinski definition) is 3. The number of anilines is 4. The minimum absolute atomic E-state index is 0.000685. The van der Waals surface area contributed by atoms with E-state index in [1.54, 1.807) is 30.0 Å². The number of aliphatic hydroxyl groups excluding tert-OH is 1. The quantitative estimate of drug-likeness (QED) is 0.258. The molecule has 5 rings (SSSR count). The first-order chi connectivity index (χ1) is 19.7. The molecule has 8 nitrogen and oxygen atoms in total. The van der Waals surface area contributed by atoms with Gasteiger partial charge in [-0.1, -0.05) is 24.8 Å². The highest BCUT2D eigenvalue weighted by atomic mass is 19.2. The van der Waals surface area contributed by atoms with E-state index in [9.17, 15) is 14.3 Å². The van der Waals surface area contributed by atoms with Crippen molar-refractivity contribution in [1.82, 2.24) is 14.9 Å². The third-order valence-corrected chi connectivity index (χ3v) is 6.86. The normalized spacial score (nSPS) is 14.6. The van der Waals surface area contributed by atoms with Gasteiger partial charge < -0.3 is 20.6 Å². The van der Waals surface area contributed by atoms with Crippen LogP contribution in [0.3, 0.4) is 0 Å². The SMILES string of the molecule is C=CC(=O)Nc1ccc(F)c(-c2cccc3cnc(Nc4ccc(N5CCN(CC(C)O)CC5)c(F)c4F)nc23)c1. The Morgan fingerprint density at radius 2 is 1.85 bits per heavy atom. The van der Waals surface area contributed by atoms with Gasteiger partial charge in [0.15, 0.2) is 11.6 Å². The Morgan fingerprint density at radius 3 is 2.59 bits per heavy atom. The molecule has 1 aliphatic heterocycles. The maximum absolute atomic E-state index is 15.2. The third-order valence-electron chi connectivity index (χ3n) is 6.86. The summed E-state index contributed by atoms with van der Waals surface area (Å²) in [7, 11) is 0. The van der Waals surface area contributed by atoms with Crippen LogP contribution in [-0.2, 0) is 4.79 Å². The van der Waals surface area contributed by atoms with Crippen molar-refractivity contribution in [2.75, 3.05) is 48.3 Å². The third kappa shape index (κ3) is 6.16. The fraction of sp³-hybridized carbons (Fsp3) is 0.233. The highest BCUT2D eigenvalue weighted by Crippen LogP contribution is 2.33. The first-order valence-corrected chi connectivity index (χ1v) is 13.1. The van der Waals surface area contributed by atoms with Crippen LogP contribution in [0, 0.1) is 17.5 Å². The molecule has 0 aliphatic carbocycles. The molecule has 0 bridgehead atoms. The maximum atomic E-state index is 15.2. The molecular formula is C30H29F3N6O2. The molecule has 1 amide bonds. The second kappa shape index (κ2) is 11.9. The summed E-state index contributed by atoms with van der Waals surface area (Å²) in [5.41, 5.74) is 1.39. The van der Waals surface area contributed by atoms with Gasteiger partial charge in [-0.15, -0.1) is 0 Å². The Hall–Kier alpha value is -4.48. The zero-order valence-electron chi connectivity index (χ0n) is 22.4. The van der Waals surface area contributed by atoms with Gasteiger partial charge in [-0.3, -0.25) is 9.69 Å². The van der Waals surface area contributed by atoms with E-state index in [-0.39, 0.29) is 22.9 Å². The smallest absolute Gasteiger partial charge is 0.247 e. The van der Waals surface area contributed by atoms with Crippen LogP contribution in [0.5, 0.6) is 0 Å². The van der Waals surface area contributed by atoms with Crippen LogP contribution in [0.4, 0.5) is 36.2 Å². The van der Waals surface area contributed by atoms with Crippen LogP contribution in [0.1, 0.15) is 6.92 Å². The number of para-hydroxylation sites is 1. The van der Waals surface area contributed by atoms with Gasteiger partial charge in [-0.25, -0.2) is 23.1 Å². The number of nitrogens with zero attached hydrogens (tertiary/aromatic N) is 4. The summed E-state index contributed by atoms with van der Waals surface area (Å²) in [6, 6.07) is 12.2. The molecule has 41 heavy (non-hydrogen) atoms. The fourth-order valence-electron chi connectivity index (χ4n) is 4.88. The summed E-state index contributed by atoms with van der Waals surface area (Å²) < 4.78 is 45.3. The Bertz CT molecular complexity index is 1610. The average molecular weight is 563 g/mol. The number of amides is 1. The number of carbonyl (C=O) groups excluding carboxylic acids is 1. The number of carbonyl (C=O) groups is 1. The highest BCUT2D eigenvalue weighted by molar-refractivity contribution is 6.00. The summed E-state index contributed by atoms with van der Waals surface area (Å²) >= 11 is 0. The molecule has 1 unspecified atom stereocenters. The average Bonchev–Trinajstić information content (AvgIpc) is 2.96. The molecule has 1 aromatic heterocycles. The Kier molecular flexibility index (Phi) is 8.18. The summed E-state index contributed by atoms with van der Waals surface area (Å²) in [6.07, 6.45) is 2.16. The van der Waals surface area contributed by atoms with Gasteiger partial charge in [0.25, 0.3) is 0 Å². The fourth-order valence-corrected chi connectivity index (χ4v) is 4.88. The standard InChI is InChI=1S/C30H29F3N6O2/c1-3-26(41)35-20-7-8-23(31)22(15-20)21-6-4-5-19-16-34-30(37-29(19)21)36-24-9-10-25(28(33)27(24)32)39-13-11-38(12-14-39)17-18(2)40/h3-10,15-16,18,40H,1,11-14,17H2,2H3,(H,35,41)(H,34,36,37). The molecule has 4 aromatic rings.